The first-order valence-electron chi connectivity index (χ1n) is 7.94. The minimum atomic E-state index is -2.95. The van der Waals surface area contributed by atoms with Gasteiger partial charge in [0.15, 0.2) is 15.0 Å². The number of aryl methyl sites for hydroxylation is 1. The van der Waals surface area contributed by atoms with Crippen LogP contribution in [0.15, 0.2) is 41.9 Å². The molecule has 2 atom stereocenters. The molecule has 1 fully saturated rings. The maximum atomic E-state index is 11.8. The molecule has 0 aromatic heterocycles. The van der Waals surface area contributed by atoms with Gasteiger partial charge < -0.3 is 9.64 Å². The summed E-state index contributed by atoms with van der Waals surface area (Å²) in [6.07, 6.45) is 2.75. The van der Waals surface area contributed by atoms with Crippen molar-refractivity contribution in [2.24, 2.45) is 4.99 Å². The molecule has 2 unspecified atom stereocenters. The van der Waals surface area contributed by atoms with Gasteiger partial charge in [0.25, 0.3) is 0 Å². The molecule has 5 nitrogen and oxygen atoms in total. The Kier molecular flexibility index (Phi) is 5.20. The van der Waals surface area contributed by atoms with Crippen LogP contribution in [0.1, 0.15) is 5.56 Å². The molecule has 2 aliphatic rings. The average molecular weight is 367 g/mol. The van der Waals surface area contributed by atoms with E-state index < -0.39 is 9.84 Å². The molecule has 0 N–H and O–H groups in total. The third-order valence-corrected chi connectivity index (χ3v) is 7.03. The molecule has 130 valence electrons. The zero-order valence-electron chi connectivity index (χ0n) is 13.7. The number of nitrogens with zero attached hydrogens (tertiary/aromatic N) is 2. The van der Waals surface area contributed by atoms with Gasteiger partial charge in [0.1, 0.15) is 5.75 Å². The lowest BCUT2D eigenvalue weighted by atomic mass is 10.2. The van der Waals surface area contributed by atoms with Crippen LogP contribution in [0.25, 0.3) is 0 Å². The summed E-state index contributed by atoms with van der Waals surface area (Å²) in [5, 5.41) is 0.952. The number of hydrogen-bond donors (Lipinski definition) is 0. The van der Waals surface area contributed by atoms with Crippen LogP contribution in [0.3, 0.4) is 0 Å². The van der Waals surface area contributed by atoms with Crippen LogP contribution in [0, 0.1) is 0 Å². The van der Waals surface area contributed by atoms with Crippen molar-refractivity contribution in [3.8, 4) is 5.75 Å². The molecule has 24 heavy (non-hydrogen) atoms. The van der Waals surface area contributed by atoms with Crippen LogP contribution in [-0.4, -0.2) is 61.5 Å². The Balaban J connectivity index is 1.60. The average Bonchev–Trinajstić information content (AvgIpc) is 3.01. The Morgan fingerprint density at radius 2 is 2.12 bits per heavy atom. The monoisotopic (exact) mass is 366 g/mol. The number of rotatable bonds is 6. The van der Waals surface area contributed by atoms with E-state index in [0.717, 1.165) is 23.1 Å². The van der Waals surface area contributed by atoms with E-state index in [-0.39, 0.29) is 23.6 Å². The molecule has 0 spiro atoms. The Hall–Kier alpha value is -1.47. The second-order valence-corrected chi connectivity index (χ2v) is 9.23. The van der Waals surface area contributed by atoms with E-state index in [0.29, 0.717) is 6.54 Å². The number of aliphatic imine (C=N–C) groups is 1. The molecule has 1 aromatic rings. The van der Waals surface area contributed by atoms with Crippen molar-refractivity contribution in [2.45, 2.75) is 18.5 Å². The van der Waals surface area contributed by atoms with Crippen molar-refractivity contribution < 1.29 is 13.2 Å². The van der Waals surface area contributed by atoms with Crippen LogP contribution >= 0.6 is 11.8 Å². The summed E-state index contributed by atoms with van der Waals surface area (Å²) in [5.41, 5.74) is 1.25. The number of thioether (sulfide) groups is 1. The Bertz CT molecular complexity index is 729. The summed E-state index contributed by atoms with van der Waals surface area (Å²) in [7, 11) is -1.29. The van der Waals surface area contributed by atoms with Gasteiger partial charge in [0.2, 0.25) is 0 Å². The maximum Gasteiger partial charge on any atom is 0.160 e. The quantitative estimate of drug-likeness (QED) is 0.721. The van der Waals surface area contributed by atoms with Crippen molar-refractivity contribution in [3.05, 3.63) is 42.5 Å². The fourth-order valence-electron chi connectivity index (χ4n) is 3.11. The summed E-state index contributed by atoms with van der Waals surface area (Å²) < 4.78 is 28.8. The summed E-state index contributed by atoms with van der Waals surface area (Å²) in [6, 6.07) is 7.94. The predicted molar refractivity (Wildman–Crippen MR) is 99.7 cm³/mol. The summed E-state index contributed by atoms with van der Waals surface area (Å²) in [5.74, 6) is 2.15. The largest absolute Gasteiger partial charge is 0.497 e. The second-order valence-electron chi connectivity index (χ2n) is 6.01. The van der Waals surface area contributed by atoms with Gasteiger partial charge in [-0.15, -0.1) is 6.58 Å². The number of methoxy groups -OCH3 is 1. The van der Waals surface area contributed by atoms with Crippen molar-refractivity contribution in [2.75, 3.05) is 30.9 Å². The van der Waals surface area contributed by atoms with Gasteiger partial charge >= 0.3 is 0 Å². The standard InChI is InChI=1S/C17H22N2O3S2/c1-3-9-19-16-12-24(20,21)11-15(16)18-17(19)23-10-8-13-4-6-14(22-2)7-5-13/h3-7,15-16H,1,8-12H2,2H3. The molecule has 0 radical (unpaired) electrons. The van der Waals surface area contributed by atoms with E-state index in [9.17, 15) is 8.42 Å². The van der Waals surface area contributed by atoms with Gasteiger partial charge in [0, 0.05) is 12.3 Å². The van der Waals surface area contributed by atoms with Crippen LogP contribution in [-0.2, 0) is 16.3 Å². The molecule has 2 aliphatic heterocycles. The number of ether oxygens (including phenoxy) is 1. The first-order chi connectivity index (χ1) is 11.5. The third-order valence-electron chi connectivity index (χ3n) is 4.32. The van der Waals surface area contributed by atoms with E-state index in [4.69, 9.17) is 4.74 Å². The molecule has 3 rings (SSSR count). The predicted octanol–water partition coefficient (Wildman–Crippen LogP) is 1.99. The molecule has 2 heterocycles. The Morgan fingerprint density at radius 3 is 2.79 bits per heavy atom. The van der Waals surface area contributed by atoms with Crippen molar-refractivity contribution in [1.82, 2.24) is 4.90 Å². The van der Waals surface area contributed by atoms with E-state index in [1.807, 2.05) is 18.2 Å². The zero-order chi connectivity index (χ0) is 17.2. The highest BCUT2D eigenvalue weighted by Crippen LogP contribution is 2.31. The van der Waals surface area contributed by atoms with Crippen LogP contribution in [0.5, 0.6) is 5.75 Å². The zero-order valence-corrected chi connectivity index (χ0v) is 15.4. The number of benzene rings is 1. The van der Waals surface area contributed by atoms with Crippen LogP contribution in [0.4, 0.5) is 0 Å². The van der Waals surface area contributed by atoms with Crippen LogP contribution < -0.4 is 4.74 Å². The third kappa shape index (κ3) is 3.78. The Morgan fingerprint density at radius 1 is 1.38 bits per heavy atom. The minimum Gasteiger partial charge on any atom is -0.497 e. The molecule has 1 saturated heterocycles. The SMILES string of the molecule is C=CCN1C(SCCc2ccc(OC)cc2)=NC2CS(=O)(=O)CC21. The molecule has 0 amide bonds. The van der Waals surface area contributed by atoms with Crippen LogP contribution in [0.2, 0.25) is 0 Å². The molecule has 1 aromatic carbocycles. The molecule has 0 aliphatic carbocycles. The second kappa shape index (κ2) is 7.19. The lowest BCUT2D eigenvalue weighted by Crippen LogP contribution is -2.39. The fourth-order valence-corrected chi connectivity index (χ4v) is 6.10. The number of hydrogen-bond acceptors (Lipinski definition) is 6. The molecule has 0 bridgehead atoms. The van der Waals surface area contributed by atoms with E-state index >= 15 is 0 Å². The van der Waals surface area contributed by atoms with Gasteiger partial charge in [-0.05, 0) is 24.1 Å². The highest BCUT2D eigenvalue weighted by Gasteiger charge is 2.45. The Labute approximate surface area is 147 Å². The van der Waals surface area contributed by atoms with Gasteiger partial charge in [-0.1, -0.05) is 30.0 Å². The lowest BCUT2D eigenvalue weighted by molar-refractivity contribution is 0.379. The number of amidine groups is 1. The highest BCUT2D eigenvalue weighted by molar-refractivity contribution is 8.13. The van der Waals surface area contributed by atoms with E-state index in [1.54, 1.807) is 18.9 Å². The van der Waals surface area contributed by atoms with Gasteiger partial charge in [-0.25, -0.2) is 8.42 Å². The molecule has 7 heteroatoms. The smallest absolute Gasteiger partial charge is 0.160 e. The van der Waals surface area contributed by atoms with Gasteiger partial charge in [-0.3, -0.25) is 4.99 Å². The van der Waals surface area contributed by atoms with E-state index in [1.165, 1.54) is 5.56 Å². The van der Waals surface area contributed by atoms with Gasteiger partial charge in [0.05, 0.1) is 30.7 Å². The first-order valence-corrected chi connectivity index (χ1v) is 10.7. The topological polar surface area (TPSA) is 59.0 Å². The first kappa shape index (κ1) is 17.4. The normalized spacial score (nSPS) is 24.5. The van der Waals surface area contributed by atoms with Gasteiger partial charge in [-0.2, -0.15) is 0 Å². The summed E-state index contributed by atoms with van der Waals surface area (Å²) in [4.78, 5) is 6.76. The molecular weight excluding hydrogens is 344 g/mol. The molecular formula is C17H22N2O3S2. The van der Waals surface area contributed by atoms with Crippen molar-refractivity contribution >= 4 is 26.8 Å². The number of sulfone groups is 1. The fraction of sp³-hybridized carbons (Fsp3) is 0.471. The lowest BCUT2D eigenvalue weighted by Gasteiger charge is -2.24. The highest BCUT2D eigenvalue weighted by atomic mass is 32.2. The molecule has 0 saturated carbocycles. The number of fused-ring (bicyclic) bond motifs is 1. The minimum absolute atomic E-state index is 0.0171. The van der Waals surface area contributed by atoms with Crippen molar-refractivity contribution in [1.29, 1.82) is 0 Å². The van der Waals surface area contributed by atoms with Crippen molar-refractivity contribution in [3.63, 3.8) is 0 Å². The summed E-state index contributed by atoms with van der Waals surface area (Å²) >= 11 is 1.70. The summed E-state index contributed by atoms with van der Waals surface area (Å²) in [6.45, 7) is 4.43. The van der Waals surface area contributed by atoms with E-state index in [2.05, 4.69) is 28.6 Å². The maximum absolute atomic E-state index is 11.8.